The molecule has 8 heteroatoms. The van der Waals surface area contributed by atoms with E-state index < -0.39 is 10.8 Å². The molecule has 2 aromatic rings. The Balaban J connectivity index is 1.85. The fourth-order valence-corrected chi connectivity index (χ4v) is 3.39. The first-order valence-electron chi connectivity index (χ1n) is 9.49. The first-order chi connectivity index (χ1) is 13.8. The van der Waals surface area contributed by atoms with E-state index in [0.29, 0.717) is 18.0 Å². The van der Waals surface area contributed by atoms with Crippen molar-refractivity contribution in [1.82, 2.24) is 5.32 Å². The summed E-state index contributed by atoms with van der Waals surface area (Å²) in [5, 5.41) is 14.0. The van der Waals surface area contributed by atoms with Gasteiger partial charge >= 0.3 is 0 Å². The molecule has 0 saturated heterocycles. The molecule has 1 aliphatic rings. The van der Waals surface area contributed by atoms with Gasteiger partial charge in [0, 0.05) is 56.0 Å². The van der Waals surface area contributed by atoms with E-state index in [9.17, 15) is 14.9 Å². The molecule has 3 rings (SSSR count). The largest absolute Gasteiger partial charge is 0.494 e. The van der Waals surface area contributed by atoms with Crippen molar-refractivity contribution in [1.29, 1.82) is 0 Å². The molecule has 1 heterocycles. The van der Waals surface area contributed by atoms with Gasteiger partial charge in [0.1, 0.15) is 17.6 Å². The predicted octanol–water partition coefficient (Wildman–Crippen LogP) is 3.31. The number of nitro groups is 1. The molecule has 0 radical (unpaired) electrons. The zero-order valence-electron chi connectivity index (χ0n) is 17.0. The number of nitrogens with one attached hydrogen (secondary N) is 1. The lowest BCUT2D eigenvalue weighted by Crippen LogP contribution is -2.25. The van der Waals surface area contributed by atoms with Gasteiger partial charge in [-0.1, -0.05) is 0 Å². The number of fused-ring (bicyclic) bond motifs is 1. The van der Waals surface area contributed by atoms with Crippen molar-refractivity contribution in [3.8, 4) is 11.5 Å². The second kappa shape index (κ2) is 8.38. The number of amides is 1. The first kappa shape index (κ1) is 20.4. The molecule has 0 aromatic heterocycles. The molecule has 0 unspecified atom stereocenters. The van der Waals surface area contributed by atoms with E-state index in [0.717, 1.165) is 23.3 Å². The number of nitrogens with zero attached hydrogens (tertiary/aromatic N) is 2. The van der Waals surface area contributed by atoms with Gasteiger partial charge in [0.2, 0.25) is 0 Å². The Hall–Kier alpha value is -3.29. The van der Waals surface area contributed by atoms with E-state index in [-0.39, 0.29) is 23.9 Å². The smallest absolute Gasteiger partial charge is 0.270 e. The van der Waals surface area contributed by atoms with E-state index in [4.69, 9.17) is 9.47 Å². The van der Waals surface area contributed by atoms with Crippen molar-refractivity contribution >= 4 is 17.3 Å². The van der Waals surface area contributed by atoms with Crippen LogP contribution in [-0.4, -0.2) is 37.6 Å². The summed E-state index contributed by atoms with van der Waals surface area (Å²) in [6.07, 6.45) is 0.930. The fraction of sp³-hybridized carbons (Fsp3) is 0.381. The maximum atomic E-state index is 12.8. The van der Waals surface area contributed by atoms with Crippen molar-refractivity contribution in [2.75, 3.05) is 25.6 Å². The van der Waals surface area contributed by atoms with Gasteiger partial charge in [0.25, 0.3) is 11.6 Å². The zero-order valence-corrected chi connectivity index (χ0v) is 17.0. The van der Waals surface area contributed by atoms with Crippen molar-refractivity contribution in [3.63, 3.8) is 0 Å². The minimum absolute atomic E-state index is 0.108. The number of anilines is 1. The summed E-state index contributed by atoms with van der Waals surface area (Å²) in [4.78, 5) is 25.2. The normalized spacial score (nSPS) is 14.7. The Morgan fingerprint density at radius 3 is 2.76 bits per heavy atom. The van der Waals surface area contributed by atoms with E-state index in [1.54, 1.807) is 25.1 Å². The summed E-state index contributed by atoms with van der Waals surface area (Å²) in [5.74, 6) is 1.11. The zero-order chi connectivity index (χ0) is 21.1. The minimum atomic E-state index is -0.511. The van der Waals surface area contributed by atoms with Gasteiger partial charge < -0.3 is 19.7 Å². The van der Waals surface area contributed by atoms with Gasteiger partial charge in [-0.2, -0.15) is 0 Å². The molecule has 2 aromatic carbocycles. The number of ether oxygens (including phenoxy) is 2. The lowest BCUT2D eigenvalue weighted by molar-refractivity contribution is -0.384. The number of hydrogen-bond donors (Lipinski definition) is 1. The van der Waals surface area contributed by atoms with E-state index >= 15 is 0 Å². The highest BCUT2D eigenvalue weighted by molar-refractivity contribution is 6.00. The van der Waals surface area contributed by atoms with Gasteiger partial charge in [-0.15, -0.1) is 0 Å². The lowest BCUT2D eigenvalue weighted by atomic mass is 10.1. The third kappa shape index (κ3) is 4.42. The quantitative estimate of drug-likeness (QED) is 0.567. The number of nitro benzene ring substituents is 1. The van der Waals surface area contributed by atoms with Crippen LogP contribution in [0, 0.1) is 10.1 Å². The molecule has 154 valence electrons. The number of rotatable bonds is 7. The average Bonchev–Trinajstić information content (AvgIpc) is 3.04. The molecule has 29 heavy (non-hydrogen) atoms. The van der Waals surface area contributed by atoms with Crippen molar-refractivity contribution in [2.24, 2.45) is 0 Å². The number of non-ortho nitro benzene ring substituents is 1. The molecule has 1 aliphatic heterocycles. The summed E-state index contributed by atoms with van der Waals surface area (Å²) < 4.78 is 11.6. The molecule has 0 spiro atoms. The van der Waals surface area contributed by atoms with Crippen molar-refractivity contribution in [2.45, 2.75) is 32.9 Å². The highest BCUT2D eigenvalue weighted by atomic mass is 16.6. The summed E-state index contributed by atoms with van der Waals surface area (Å²) in [6.45, 7) is 4.63. The Kier molecular flexibility index (Phi) is 5.91. The van der Waals surface area contributed by atoms with Gasteiger partial charge in [0.05, 0.1) is 17.1 Å². The molecule has 0 bridgehead atoms. The van der Waals surface area contributed by atoms with Crippen LogP contribution in [0.15, 0.2) is 30.3 Å². The monoisotopic (exact) mass is 399 g/mol. The third-order valence-electron chi connectivity index (χ3n) is 4.74. The SMILES string of the molecule is CCOc1cc2c(cc1CNC(=O)c1cc([N+](=O)[O-])ccc1N(C)C)O[C@H](C)C2. The molecular formula is C21H25N3O5. The molecule has 0 fully saturated rings. The molecule has 1 atom stereocenters. The van der Waals surface area contributed by atoms with Crippen LogP contribution in [0.1, 0.15) is 35.3 Å². The Bertz CT molecular complexity index is 942. The van der Waals surface area contributed by atoms with Crippen LogP contribution in [0.3, 0.4) is 0 Å². The van der Waals surface area contributed by atoms with E-state index in [2.05, 4.69) is 5.32 Å². The summed E-state index contributed by atoms with van der Waals surface area (Å²) in [7, 11) is 3.56. The summed E-state index contributed by atoms with van der Waals surface area (Å²) >= 11 is 0. The average molecular weight is 399 g/mol. The Labute approximate surface area is 169 Å². The Morgan fingerprint density at radius 1 is 1.34 bits per heavy atom. The van der Waals surface area contributed by atoms with Crippen LogP contribution in [0.2, 0.25) is 0 Å². The maximum Gasteiger partial charge on any atom is 0.270 e. The van der Waals surface area contributed by atoms with Crippen LogP contribution in [0.4, 0.5) is 11.4 Å². The second-order valence-corrected chi connectivity index (χ2v) is 7.17. The topological polar surface area (TPSA) is 93.9 Å². The molecular weight excluding hydrogens is 374 g/mol. The number of carbonyl (C=O) groups excluding carboxylic acids is 1. The molecule has 8 nitrogen and oxygen atoms in total. The number of hydrogen-bond acceptors (Lipinski definition) is 6. The van der Waals surface area contributed by atoms with E-state index in [1.165, 1.54) is 12.1 Å². The minimum Gasteiger partial charge on any atom is -0.494 e. The highest BCUT2D eigenvalue weighted by Gasteiger charge is 2.23. The summed E-state index contributed by atoms with van der Waals surface area (Å²) in [6, 6.07) is 8.11. The maximum absolute atomic E-state index is 12.8. The Morgan fingerprint density at radius 2 is 2.10 bits per heavy atom. The number of benzene rings is 2. The van der Waals surface area contributed by atoms with Gasteiger partial charge in [-0.05, 0) is 32.0 Å². The highest BCUT2D eigenvalue weighted by Crippen LogP contribution is 2.35. The standard InChI is InChI=1S/C21H25N3O5/c1-5-28-19-9-14-8-13(2)29-20(14)10-15(19)12-22-21(25)17-11-16(24(26)27)6-7-18(17)23(3)4/h6-7,9-11,13H,5,8,12H2,1-4H3,(H,22,25)/t13-/m1/s1. The van der Waals surface area contributed by atoms with Crippen LogP contribution < -0.4 is 19.7 Å². The predicted molar refractivity (Wildman–Crippen MR) is 110 cm³/mol. The first-order valence-corrected chi connectivity index (χ1v) is 9.49. The van der Waals surface area contributed by atoms with Gasteiger partial charge in [0.15, 0.2) is 0 Å². The van der Waals surface area contributed by atoms with Crippen LogP contribution >= 0.6 is 0 Å². The van der Waals surface area contributed by atoms with Crippen molar-refractivity contribution < 1.29 is 19.2 Å². The van der Waals surface area contributed by atoms with Gasteiger partial charge in [-0.3, -0.25) is 14.9 Å². The van der Waals surface area contributed by atoms with Crippen molar-refractivity contribution in [3.05, 3.63) is 57.1 Å². The third-order valence-corrected chi connectivity index (χ3v) is 4.74. The van der Waals surface area contributed by atoms with Gasteiger partial charge in [-0.25, -0.2) is 0 Å². The van der Waals surface area contributed by atoms with E-state index in [1.807, 2.05) is 26.0 Å². The van der Waals surface area contributed by atoms with Crippen LogP contribution in [-0.2, 0) is 13.0 Å². The molecule has 0 aliphatic carbocycles. The summed E-state index contributed by atoms with van der Waals surface area (Å²) in [5.41, 5.74) is 2.60. The second-order valence-electron chi connectivity index (χ2n) is 7.17. The number of carbonyl (C=O) groups is 1. The molecule has 1 N–H and O–H groups in total. The lowest BCUT2D eigenvalue weighted by Gasteiger charge is -2.18. The fourth-order valence-electron chi connectivity index (χ4n) is 3.39. The molecule has 0 saturated carbocycles. The van der Waals surface area contributed by atoms with Crippen LogP contribution in [0.25, 0.3) is 0 Å². The molecule has 1 amide bonds. The van der Waals surface area contributed by atoms with Crippen LogP contribution in [0.5, 0.6) is 11.5 Å².